The van der Waals surface area contributed by atoms with E-state index in [-0.39, 0.29) is 17.4 Å². The number of methoxy groups -OCH3 is 1. The van der Waals surface area contributed by atoms with E-state index in [0.717, 1.165) is 6.54 Å². The van der Waals surface area contributed by atoms with Crippen LogP contribution in [0.2, 0.25) is 0 Å². The van der Waals surface area contributed by atoms with Crippen LogP contribution in [-0.4, -0.2) is 80.6 Å². The van der Waals surface area contributed by atoms with Gasteiger partial charge in [-0.25, -0.2) is 13.3 Å². The van der Waals surface area contributed by atoms with Gasteiger partial charge in [-0.2, -0.15) is 4.98 Å². The number of rotatable bonds is 5. The lowest BCUT2D eigenvalue weighted by molar-refractivity contribution is -0.142. The van der Waals surface area contributed by atoms with Crippen molar-refractivity contribution in [3.8, 4) is 17.0 Å². The summed E-state index contributed by atoms with van der Waals surface area (Å²) in [7, 11) is 1.46. The van der Waals surface area contributed by atoms with Gasteiger partial charge in [-0.1, -0.05) is 6.07 Å². The third kappa shape index (κ3) is 3.75. The average Bonchev–Trinajstić information content (AvgIpc) is 3.18. The van der Waals surface area contributed by atoms with E-state index >= 15 is 8.78 Å². The van der Waals surface area contributed by atoms with Gasteiger partial charge in [-0.15, -0.1) is 5.10 Å². The maximum absolute atomic E-state index is 15.2. The molecule has 5 heterocycles. The van der Waals surface area contributed by atoms with Gasteiger partial charge in [0.2, 0.25) is 11.8 Å². The number of hydrogen-bond donors (Lipinski definition) is 1. The van der Waals surface area contributed by atoms with Crippen molar-refractivity contribution in [3.63, 3.8) is 0 Å². The lowest BCUT2D eigenvalue weighted by Gasteiger charge is -2.50. The fraction of sp³-hybridized carbons (Fsp3) is 0.417. The molecule has 0 bridgehead atoms. The molecule has 0 aliphatic carbocycles. The second-order valence-corrected chi connectivity index (χ2v) is 9.34. The van der Waals surface area contributed by atoms with Gasteiger partial charge in [0, 0.05) is 25.5 Å². The molecule has 35 heavy (non-hydrogen) atoms. The molecule has 0 radical (unpaired) electrons. The summed E-state index contributed by atoms with van der Waals surface area (Å²) in [5.41, 5.74) is 2.54. The maximum Gasteiger partial charge on any atom is 0.244 e. The first-order valence-corrected chi connectivity index (χ1v) is 11.5. The zero-order valence-corrected chi connectivity index (χ0v) is 19.4. The summed E-state index contributed by atoms with van der Waals surface area (Å²) in [6.07, 6.45) is 3.94. The van der Waals surface area contributed by atoms with Crippen LogP contribution in [0.15, 0.2) is 36.8 Å². The molecule has 0 amide bonds. The number of anilines is 1. The van der Waals surface area contributed by atoms with Crippen LogP contribution in [0.3, 0.4) is 0 Å². The second kappa shape index (κ2) is 8.35. The fourth-order valence-corrected chi connectivity index (χ4v) is 4.92. The number of nitrogens with one attached hydrogen (secondary N) is 1. The zero-order valence-electron chi connectivity index (χ0n) is 19.4. The van der Waals surface area contributed by atoms with Crippen LogP contribution in [-0.2, 0) is 4.74 Å². The fourth-order valence-electron chi connectivity index (χ4n) is 4.92. The molecule has 2 saturated heterocycles. The highest BCUT2D eigenvalue weighted by Crippen LogP contribution is 2.35. The van der Waals surface area contributed by atoms with Gasteiger partial charge in [0.1, 0.15) is 11.7 Å². The standard InChI is InChI=1S/C24H25F2N7O2/c1-24(12-35-13-24)32-8-5-17(15(25)10-32)29-23-30-22(34-2)21-20(16(26)11-33(21)31-23)14-3-4-18-19(9-14)28-7-6-27-18/h3-4,6-7,9,11,15,17H,5,8,10,12-13H2,1-2H3,(H,29,31)/t15-,17+/m1/s1. The molecule has 3 aromatic heterocycles. The molecule has 2 fully saturated rings. The number of likely N-dealkylation sites (tertiary alicyclic amines) is 1. The zero-order chi connectivity index (χ0) is 24.2. The Labute approximate surface area is 200 Å². The Morgan fingerprint density at radius 3 is 2.71 bits per heavy atom. The van der Waals surface area contributed by atoms with Crippen LogP contribution in [0.5, 0.6) is 5.88 Å². The van der Waals surface area contributed by atoms with Crippen molar-refractivity contribution < 1.29 is 18.3 Å². The van der Waals surface area contributed by atoms with Gasteiger partial charge in [0.15, 0.2) is 5.82 Å². The van der Waals surface area contributed by atoms with E-state index in [1.807, 2.05) is 0 Å². The number of halogens is 2. The molecule has 182 valence electrons. The first-order chi connectivity index (χ1) is 16.9. The Bertz CT molecular complexity index is 1410. The van der Waals surface area contributed by atoms with E-state index in [1.165, 1.54) is 17.8 Å². The molecular formula is C24H25F2N7O2. The average molecular weight is 482 g/mol. The molecule has 0 saturated carbocycles. The van der Waals surface area contributed by atoms with E-state index in [1.54, 1.807) is 30.6 Å². The Morgan fingerprint density at radius 2 is 2.00 bits per heavy atom. The minimum Gasteiger partial charge on any atom is -0.479 e. The highest BCUT2D eigenvalue weighted by Gasteiger charge is 2.43. The Kier molecular flexibility index (Phi) is 5.26. The number of fused-ring (bicyclic) bond motifs is 2. The maximum atomic E-state index is 15.2. The molecule has 2 aliphatic rings. The summed E-state index contributed by atoms with van der Waals surface area (Å²) in [6.45, 7) is 4.40. The van der Waals surface area contributed by atoms with Crippen molar-refractivity contribution >= 4 is 22.5 Å². The molecule has 2 aliphatic heterocycles. The van der Waals surface area contributed by atoms with Crippen LogP contribution < -0.4 is 10.1 Å². The third-order valence-electron chi connectivity index (χ3n) is 6.95. The molecule has 4 aromatic rings. The van der Waals surface area contributed by atoms with Gasteiger partial charge < -0.3 is 14.8 Å². The number of aromatic nitrogens is 5. The van der Waals surface area contributed by atoms with Crippen molar-refractivity contribution in [2.45, 2.75) is 31.1 Å². The second-order valence-electron chi connectivity index (χ2n) is 9.34. The van der Waals surface area contributed by atoms with Crippen molar-refractivity contribution in [1.29, 1.82) is 0 Å². The van der Waals surface area contributed by atoms with E-state index in [4.69, 9.17) is 9.47 Å². The largest absolute Gasteiger partial charge is 0.479 e. The third-order valence-corrected chi connectivity index (χ3v) is 6.95. The van der Waals surface area contributed by atoms with Crippen LogP contribution in [0, 0.1) is 5.82 Å². The van der Waals surface area contributed by atoms with Gasteiger partial charge in [0.25, 0.3) is 0 Å². The molecule has 2 atom stereocenters. The van der Waals surface area contributed by atoms with Crippen molar-refractivity contribution in [2.24, 2.45) is 0 Å². The summed E-state index contributed by atoms with van der Waals surface area (Å²) in [6, 6.07) is 4.86. The molecule has 0 unspecified atom stereocenters. The summed E-state index contributed by atoms with van der Waals surface area (Å²) in [5, 5.41) is 7.52. The SMILES string of the molecule is COc1nc(N[C@H]2CCN(C3(C)COC3)C[C@H]2F)nn2cc(F)c(-c3ccc4nccnc4c3)c12. The summed E-state index contributed by atoms with van der Waals surface area (Å²) >= 11 is 0. The van der Waals surface area contributed by atoms with Crippen LogP contribution in [0.25, 0.3) is 27.7 Å². The molecule has 6 rings (SSSR count). The van der Waals surface area contributed by atoms with Gasteiger partial charge in [0.05, 0.1) is 54.7 Å². The lowest BCUT2D eigenvalue weighted by atomic mass is 9.92. The molecule has 0 spiro atoms. The summed E-state index contributed by atoms with van der Waals surface area (Å²) in [5.74, 6) is -0.113. The molecule has 11 heteroatoms. The van der Waals surface area contributed by atoms with Crippen molar-refractivity contribution in [1.82, 2.24) is 29.5 Å². The van der Waals surface area contributed by atoms with Gasteiger partial charge in [-0.05, 0) is 31.0 Å². The van der Waals surface area contributed by atoms with Crippen LogP contribution >= 0.6 is 0 Å². The highest BCUT2D eigenvalue weighted by atomic mass is 19.1. The lowest BCUT2D eigenvalue weighted by Crippen LogP contribution is -2.64. The molecule has 1 N–H and O–H groups in total. The monoisotopic (exact) mass is 481 g/mol. The first kappa shape index (κ1) is 22.1. The normalized spacial score (nSPS) is 22.3. The number of hydrogen-bond acceptors (Lipinski definition) is 8. The summed E-state index contributed by atoms with van der Waals surface area (Å²) in [4.78, 5) is 15.2. The Hall–Kier alpha value is -3.44. The summed E-state index contributed by atoms with van der Waals surface area (Å²) < 4.78 is 42.5. The van der Waals surface area contributed by atoms with Crippen molar-refractivity contribution in [2.75, 3.05) is 38.7 Å². The van der Waals surface area contributed by atoms with E-state index < -0.39 is 18.0 Å². The van der Waals surface area contributed by atoms with Gasteiger partial charge >= 0.3 is 0 Å². The number of nitrogens with zero attached hydrogens (tertiary/aromatic N) is 6. The minimum absolute atomic E-state index is 0.0959. The first-order valence-electron chi connectivity index (χ1n) is 11.5. The quantitative estimate of drug-likeness (QED) is 0.465. The van der Waals surface area contributed by atoms with Crippen LogP contribution in [0.4, 0.5) is 14.7 Å². The number of piperidine rings is 1. The molecule has 1 aromatic carbocycles. The van der Waals surface area contributed by atoms with E-state index in [0.29, 0.717) is 53.9 Å². The minimum atomic E-state index is -1.11. The predicted octanol–water partition coefficient (Wildman–Crippen LogP) is 3.10. The Morgan fingerprint density at radius 1 is 1.20 bits per heavy atom. The van der Waals surface area contributed by atoms with E-state index in [9.17, 15) is 0 Å². The Balaban J connectivity index is 1.31. The number of alkyl halides is 1. The van der Waals surface area contributed by atoms with Crippen molar-refractivity contribution in [3.05, 3.63) is 42.6 Å². The van der Waals surface area contributed by atoms with E-state index in [2.05, 4.69) is 37.2 Å². The van der Waals surface area contributed by atoms with Crippen LogP contribution in [0.1, 0.15) is 13.3 Å². The highest BCUT2D eigenvalue weighted by molar-refractivity contribution is 5.89. The number of benzene rings is 1. The predicted molar refractivity (Wildman–Crippen MR) is 126 cm³/mol. The van der Waals surface area contributed by atoms with Gasteiger partial charge in [-0.3, -0.25) is 14.9 Å². The topological polar surface area (TPSA) is 89.7 Å². The number of ether oxygens (including phenoxy) is 2. The smallest absolute Gasteiger partial charge is 0.244 e. The molecular weight excluding hydrogens is 456 g/mol. The molecule has 9 nitrogen and oxygen atoms in total.